The van der Waals surface area contributed by atoms with Gasteiger partial charge in [0.1, 0.15) is 6.61 Å². The number of unbranched alkanes of at least 4 members (excludes halogenated alkanes) is 1. The van der Waals surface area contributed by atoms with Crippen LogP contribution in [0.2, 0.25) is 0 Å². The minimum Gasteiger partial charge on any atom is -0.413 e. The zero-order valence-corrected chi connectivity index (χ0v) is 13.0. The molecule has 5 heteroatoms. The van der Waals surface area contributed by atoms with Gasteiger partial charge in [0.2, 0.25) is 0 Å². The van der Waals surface area contributed by atoms with Crippen molar-refractivity contribution in [2.75, 3.05) is 24.7 Å². The van der Waals surface area contributed by atoms with Crippen molar-refractivity contribution in [1.82, 2.24) is 4.73 Å². The van der Waals surface area contributed by atoms with E-state index in [0.29, 0.717) is 0 Å². The average Bonchev–Trinajstić information content (AvgIpc) is 2.89. The van der Waals surface area contributed by atoms with E-state index < -0.39 is 0 Å². The van der Waals surface area contributed by atoms with E-state index in [0.717, 1.165) is 43.0 Å². The van der Waals surface area contributed by atoms with Gasteiger partial charge in [-0.15, -0.1) is 0 Å². The molecule has 20 heavy (non-hydrogen) atoms. The largest absolute Gasteiger partial charge is 0.413 e. The summed E-state index contributed by atoms with van der Waals surface area (Å²) in [6.07, 6.45) is 4.22. The lowest BCUT2D eigenvalue weighted by Gasteiger charge is -2.07. The minimum absolute atomic E-state index is 0.724. The van der Waals surface area contributed by atoms with Gasteiger partial charge in [-0.3, -0.25) is 0 Å². The van der Waals surface area contributed by atoms with Gasteiger partial charge in [0, 0.05) is 23.9 Å². The first-order valence-corrected chi connectivity index (χ1v) is 8.29. The van der Waals surface area contributed by atoms with Crippen LogP contribution in [0.25, 0.3) is 10.9 Å². The number of para-hydroxylation sites is 1. The van der Waals surface area contributed by atoms with Gasteiger partial charge in [-0.2, -0.15) is 16.5 Å². The second-order valence-electron chi connectivity index (χ2n) is 4.33. The fourth-order valence-corrected chi connectivity index (χ4v) is 2.80. The summed E-state index contributed by atoms with van der Waals surface area (Å²) in [5, 5.41) is 3.60. The lowest BCUT2D eigenvalue weighted by molar-refractivity contribution is 0.135. The van der Waals surface area contributed by atoms with Crippen molar-refractivity contribution < 1.29 is 4.84 Å². The van der Waals surface area contributed by atoms with Crippen molar-refractivity contribution >= 4 is 40.0 Å². The van der Waals surface area contributed by atoms with Crippen molar-refractivity contribution in [3.63, 3.8) is 0 Å². The van der Waals surface area contributed by atoms with Crippen LogP contribution in [-0.2, 0) is 0 Å². The number of fused-ring (bicyclic) bond motifs is 1. The highest BCUT2D eigenvalue weighted by molar-refractivity contribution is 7.99. The number of benzene rings is 1. The molecule has 0 aliphatic carbocycles. The number of hydrogen-bond acceptors (Lipinski definition) is 4. The van der Waals surface area contributed by atoms with Crippen LogP contribution >= 0.6 is 24.0 Å². The van der Waals surface area contributed by atoms with Crippen LogP contribution in [0.1, 0.15) is 12.8 Å². The SMILES string of the molecule is S=C=NCCCCSCCOn1ccc2ccccc21. The van der Waals surface area contributed by atoms with E-state index in [4.69, 9.17) is 4.84 Å². The number of aromatic nitrogens is 1. The maximum atomic E-state index is 5.76. The number of aliphatic imine (C=N–C) groups is 1. The third-order valence-corrected chi connectivity index (χ3v) is 4.06. The van der Waals surface area contributed by atoms with E-state index in [2.05, 4.69) is 40.6 Å². The van der Waals surface area contributed by atoms with Crippen molar-refractivity contribution in [2.45, 2.75) is 12.8 Å². The fraction of sp³-hybridized carbons (Fsp3) is 0.400. The highest BCUT2D eigenvalue weighted by atomic mass is 32.2. The van der Waals surface area contributed by atoms with Crippen LogP contribution in [0.15, 0.2) is 41.5 Å². The Morgan fingerprint density at radius 2 is 2.10 bits per heavy atom. The first-order chi connectivity index (χ1) is 9.92. The molecule has 106 valence electrons. The van der Waals surface area contributed by atoms with E-state index in [1.807, 2.05) is 34.8 Å². The van der Waals surface area contributed by atoms with Crippen LogP contribution in [0.3, 0.4) is 0 Å². The van der Waals surface area contributed by atoms with E-state index >= 15 is 0 Å². The molecule has 3 nitrogen and oxygen atoms in total. The van der Waals surface area contributed by atoms with Crippen LogP contribution in [0, 0.1) is 0 Å². The molecule has 1 aromatic carbocycles. The molecule has 0 atom stereocenters. The van der Waals surface area contributed by atoms with Crippen molar-refractivity contribution in [1.29, 1.82) is 0 Å². The number of thioether (sulfide) groups is 1. The Labute approximate surface area is 129 Å². The predicted molar refractivity (Wildman–Crippen MR) is 89.8 cm³/mol. The molecule has 0 spiro atoms. The van der Waals surface area contributed by atoms with Crippen LogP contribution in [0.5, 0.6) is 0 Å². The Hall–Kier alpha value is -1.29. The van der Waals surface area contributed by atoms with Crippen LogP contribution in [0.4, 0.5) is 0 Å². The van der Waals surface area contributed by atoms with E-state index in [1.165, 1.54) is 5.39 Å². The molecule has 0 radical (unpaired) electrons. The van der Waals surface area contributed by atoms with Gasteiger partial charge in [-0.05, 0) is 42.9 Å². The summed E-state index contributed by atoms with van der Waals surface area (Å²) >= 11 is 6.43. The van der Waals surface area contributed by atoms with Gasteiger partial charge in [0.15, 0.2) is 0 Å². The first-order valence-electron chi connectivity index (χ1n) is 6.72. The molecular formula is C15H18N2OS2. The maximum absolute atomic E-state index is 5.76. The lowest BCUT2D eigenvalue weighted by Crippen LogP contribution is -2.13. The molecule has 0 saturated heterocycles. The molecule has 2 rings (SSSR count). The zero-order valence-electron chi connectivity index (χ0n) is 11.3. The molecule has 0 aliphatic heterocycles. The van der Waals surface area contributed by atoms with Crippen LogP contribution < -0.4 is 4.84 Å². The number of hydrogen-bond donors (Lipinski definition) is 0. The van der Waals surface area contributed by atoms with Gasteiger partial charge in [0.05, 0.1) is 10.7 Å². The first kappa shape index (κ1) is 15.1. The Morgan fingerprint density at radius 1 is 1.20 bits per heavy atom. The quantitative estimate of drug-likeness (QED) is 0.401. The Kier molecular flexibility index (Phi) is 6.64. The molecular weight excluding hydrogens is 288 g/mol. The summed E-state index contributed by atoms with van der Waals surface area (Å²) in [4.78, 5) is 9.65. The summed E-state index contributed by atoms with van der Waals surface area (Å²) < 4.78 is 1.85. The molecule has 0 fully saturated rings. The molecule has 0 amide bonds. The predicted octanol–water partition coefficient (Wildman–Crippen LogP) is 3.69. The monoisotopic (exact) mass is 306 g/mol. The van der Waals surface area contributed by atoms with Crippen LogP contribution in [-0.4, -0.2) is 34.5 Å². The fourth-order valence-electron chi connectivity index (χ4n) is 1.91. The zero-order chi connectivity index (χ0) is 14.0. The van der Waals surface area contributed by atoms with E-state index in [-0.39, 0.29) is 0 Å². The second kappa shape index (κ2) is 8.80. The highest BCUT2D eigenvalue weighted by Crippen LogP contribution is 2.13. The van der Waals surface area contributed by atoms with E-state index in [9.17, 15) is 0 Å². The molecule has 2 aromatic rings. The van der Waals surface area contributed by atoms with E-state index in [1.54, 1.807) is 0 Å². The standard InChI is InChI=1S/C15H18N2OS2/c19-13-16-8-3-4-11-20-12-10-18-17-9-7-14-5-1-2-6-15(14)17/h1-2,5-7,9H,3-4,8,10-12H2. The molecule has 1 aromatic heterocycles. The molecule has 0 unspecified atom stereocenters. The molecule has 1 heterocycles. The lowest BCUT2D eigenvalue weighted by atomic mass is 10.3. The third kappa shape index (κ3) is 4.67. The topological polar surface area (TPSA) is 26.5 Å². The number of rotatable bonds is 9. The Bertz CT molecular complexity index is 576. The Morgan fingerprint density at radius 3 is 3.00 bits per heavy atom. The minimum atomic E-state index is 0.724. The smallest absolute Gasteiger partial charge is 0.124 e. The summed E-state index contributed by atoms with van der Waals surface area (Å²) in [6.45, 7) is 1.53. The highest BCUT2D eigenvalue weighted by Gasteiger charge is 1.99. The van der Waals surface area contributed by atoms with Crippen molar-refractivity contribution in [3.05, 3.63) is 36.5 Å². The van der Waals surface area contributed by atoms with Gasteiger partial charge >= 0.3 is 0 Å². The van der Waals surface area contributed by atoms with Gasteiger partial charge in [0.25, 0.3) is 0 Å². The third-order valence-electron chi connectivity index (χ3n) is 2.89. The Balaban J connectivity index is 1.60. The van der Waals surface area contributed by atoms with Gasteiger partial charge in [-0.25, -0.2) is 4.99 Å². The number of nitrogens with zero attached hydrogens (tertiary/aromatic N) is 2. The van der Waals surface area contributed by atoms with Gasteiger partial charge in [-0.1, -0.05) is 18.2 Å². The molecule has 0 N–H and O–H groups in total. The normalized spacial score (nSPS) is 10.4. The van der Waals surface area contributed by atoms with Crippen molar-refractivity contribution in [2.24, 2.45) is 4.99 Å². The number of isothiocyanates is 1. The average molecular weight is 306 g/mol. The summed E-state index contributed by atoms with van der Waals surface area (Å²) in [6, 6.07) is 10.3. The molecule has 0 bridgehead atoms. The molecule has 0 aliphatic rings. The molecule has 0 saturated carbocycles. The second-order valence-corrected chi connectivity index (χ2v) is 5.73. The summed E-state index contributed by atoms with van der Waals surface area (Å²) in [5.74, 6) is 2.14. The maximum Gasteiger partial charge on any atom is 0.124 e. The van der Waals surface area contributed by atoms with Gasteiger partial charge < -0.3 is 4.84 Å². The number of thiocarbonyl (C=S) groups is 1. The summed E-state index contributed by atoms with van der Waals surface area (Å²) in [7, 11) is 0. The van der Waals surface area contributed by atoms with Crippen molar-refractivity contribution in [3.8, 4) is 0 Å². The summed E-state index contributed by atoms with van der Waals surface area (Å²) in [5.41, 5.74) is 1.12.